The van der Waals surface area contributed by atoms with Gasteiger partial charge in [-0.3, -0.25) is 0 Å². The van der Waals surface area contributed by atoms with E-state index in [1.165, 1.54) is 29.8 Å². The second kappa shape index (κ2) is 13.2. The summed E-state index contributed by atoms with van der Waals surface area (Å²) in [6.45, 7) is 4.16. The minimum Gasteiger partial charge on any atom is -0.508 e. The third-order valence-electron chi connectivity index (χ3n) is 5.85. The smallest absolute Gasteiger partial charge is 0.334 e. The largest absolute Gasteiger partial charge is 0.508 e. The molecule has 0 saturated carbocycles. The number of esters is 2. The third kappa shape index (κ3) is 8.72. The Balaban J connectivity index is 1.39. The van der Waals surface area contributed by atoms with Gasteiger partial charge in [-0.2, -0.15) is 0 Å². The molecule has 0 fully saturated rings. The first kappa shape index (κ1) is 27.3. The van der Waals surface area contributed by atoms with Crippen molar-refractivity contribution >= 4 is 18.0 Å². The number of phenols is 3. The van der Waals surface area contributed by atoms with Crippen molar-refractivity contribution in [1.29, 1.82) is 0 Å². The number of phenolic OH excluding ortho intramolecular Hbond substituents is 3. The van der Waals surface area contributed by atoms with Crippen LogP contribution in [0.2, 0.25) is 0 Å². The molecule has 1 aliphatic rings. The van der Waals surface area contributed by atoms with E-state index in [4.69, 9.17) is 9.47 Å². The average molecular weight is 505 g/mol. The van der Waals surface area contributed by atoms with Crippen molar-refractivity contribution < 1.29 is 34.4 Å². The van der Waals surface area contributed by atoms with Crippen LogP contribution < -0.4 is 0 Å². The van der Waals surface area contributed by atoms with Crippen molar-refractivity contribution in [3.05, 3.63) is 94.6 Å². The highest BCUT2D eigenvalue weighted by Gasteiger charge is 2.28. The molecule has 0 radical (unpaired) electrons. The van der Waals surface area contributed by atoms with Crippen LogP contribution >= 0.6 is 0 Å². The molecule has 0 aliphatic carbocycles. The van der Waals surface area contributed by atoms with Crippen LogP contribution in [0.15, 0.2) is 83.5 Å². The first-order valence-electron chi connectivity index (χ1n) is 12.1. The van der Waals surface area contributed by atoms with Gasteiger partial charge >= 0.3 is 11.9 Å². The molecule has 0 saturated heterocycles. The quantitative estimate of drug-likeness (QED) is 0.148. The van der Waals surface area contributed by atoms with Crippen LogP contribution in [0.3, 0.4) is 0 Å². The highest BCUT2D eigenvalue weighted by atomic mass is 16.5. The summed E-state index contributed by atoms with van der Waals surface area (Å²) >= 11 is 0. The average Bonchev–Trinajstić information content (AvgIpc) is 3.24. The molecule has 0 spiro atoms. The van der Waals surface area contributed by atoms with Gasteiger partial charge in [0.15, 0.2) is 0 Å². The van der Waals surface area contributed by atoms with Crippen molar-refractivity contribution in [2.45, 2.75) is 45.6 Å². The summed E-state index contributed by atoms with van der Waals surface area (Å²) in [5.41, 5.74) is 3.84. The number of carbonyl (C=O) groups excluding carboxylic acids is 2. The van der Waals surface area contributed by atoms with Gasteiger partial charge < -0.3 is 24.8 Å². The molecule has 37 heavy (non-hydrogen) atoms. The molecule has 1 atom stereocenters. The van der Waals surface area contributed by atoms with Crippen molar-refractivity contribution in [2.75, 3.05) is 6.61 Å². The topological polar surface area (TPSA) is 113 Å². The number of carbonyl (C=O) groups is 2. The summed E-state index contributed by atoms with van der Waals surface area (Å²) < 4.78 is 10.6. The monoisotopic (exact) mass is 504 g/mol. The molecule has 1 heterocycles. The number of allylic oxidation sites excluding steroid dienone is 3. The Morgan fingerprint density at radius 2 is 1.68 bits per heavy atom. The summed E-state index contributed by atoms with van der Waals surface area (Å²) in [5, 5.41) is 28.9. The van der Waals surface area contributed by atoms with Gasteiger partial charge in [0.05, 0.1) is 0 Å². The van der Waals surface area contributed by atoms with Crippen molar-refractivity contribution in [3.63, 3.8) is 0 Å². The Morgan fingerprint density at radius 3 is 2.43 bits per heavy atom. The van der Waals surface area contributed by atoms with Crippen LogP contribution in [0.5, 0.6) is 17.2 Å². The number of rotatable bonds is 11. The summed E-state index contributed by atoms with van der Waals surface area (Å²) in [6.07, 6.45) is 11.0. The Morgan fingerprint density at radius 1 is 0.973 bits per heavy atom. The lowest BCUT2D eigenvalue weighted by atomic mass is 10.0. The summed E-state index contributed by atoms with van der Waals surface area (Å²) in [6, 6.07) is 10.6. The van der Waals surface area contributed by atoms with Gasteiger partial charge in [-0.25, -0.2) is 9.59 Å². The number of ether oxygens (including phenoxy) is 2. The normalized spacial score (nSPS) is 16.1. The second-order valence-corrected chi connectivity index (χ2v) is 8.97. The van der Waals surface area contributed by atoms with Crippen LogP contribution in [-0.2, 0) is 19.1 Å². The lowest BCUT2D eigenvalue weighted by Gasteiger charge is -2.10. The van der Waals surface area contributed by atoms with E-state index in [1.807, 2.05) is 19.9 Å². The van der Waals surface area contributed by atoms with Crippen molar-refractivity contribution in [3.8, 4) is 17.2 Å². The van der Waals surface area contributed by atoms with Gasteiger partial charge in [0.25, 0.3) is 0 Å². The predicted octanol–water partition coefficient (Wildman–Crippen LogP) is 6.04. The minimum absolute atomic E-state index is 0.00541. The van der Waals surface area contributed by atoms with Gasteiger partial charge in [0.1, 0.15) is 30.0 Å². The molecule has 3 rings (SSSR count). The van der Waals surface area contributed by atoms with E-state index >= 15 is 0 Å². The van der Waals surface area contributed by atoms with Crippen LogP contribution in [0.25, 0.3) is 6.08 Å². The molecule has 1 aliphatic heterocycles. The Hall–Kier alpha value is -4.26. The number of aromatic hydroxyl groups is 3. The molecular formula is C30H32O7. The molecule has 1 unspecified atom stereocenters. The molecule has 0 amide bonds. The predicted molar refractivity (Wildman–Crippen MR) is 141 cm³/mol. The molecule has 3 N–H and O–H groups in total. The van der Waals surface area contributed by atoms with E-state index in [9.17, 15) is 24.9 Å². The molecular weight excluding hydrogens is 472 g/mol. The zero-order valence-corrected chi connectivity index (χ0v) is 21.0. The number of cyclic esters (lactones) is 1. The van der Waals surface area contributed by atoms with Crippen LogP contribution in [0, 0.1) is 0 Å². The Kier molecular flexibility index (Phi) is 9.72. The van der Waals surface area contributed by atoms with E-state index in [-0.39, 0.29) is 23.9 Å². The van der Waals surface area contributed by atoms with Gasteiger partial charge in [0, 0.05) is 17.2 Å². The van der Waals surface area contributed by atoms with Crippen molar-refractivity contribution in [2.24, 2.45) is 0 Å². The third-order valence-corrected chi connectivity index (χ3v) is 5.85. The zero-order chi connectivity index (χ0) is 26.8. The maximum atomic E-state index is 12.2. The molecule has 2 aromatic carbocycles. The van der Waals surface area contributed by atoms with E-state index in [0.717, 1.165) is 24.0 Å². The highest BCUT2D eigenvalue weighted by Crippen LogP contribution is 2.36. The maximum Gasteiger partial charge on any atom is 0.334 e. The van der Waals surface area contributed by atoms with Crippen LogP contribution in [0.1, 0.15) is 56.8 Å². The van der Waals surface area contributed by atoms with Crippen molar-refractivity contribution in [1.82, 2.24) is 0 Å². The fourth-order valence-electron chi connectivity index (χ4n) is 3.75. The molecule has 0 bridgehead atoms. The number of benzene rings is 2. The summed E-state index contributed by atoms with van der Waals surface area (Å²) in [4.78, 5) is 24.1. The summed E-state index contributed by atoms with van der Waals surface area (Å²) in [7, 11) is 0. The SMILES string of the molecule is CC(=CCCC1=CC(c2cc(O)ccc2O)OC1=O)CCC=C(C)COC(=O)C=Cc1ccc(O)cc1. The number of hydrogen-bond donors (Lipinski definition) is 3. The maximum absolute atomic E-state index is 12.2. The van der Waals surface area contributed by atoms with Crippen LogP contribution in [0.4, 0.5) is 0 Å². The second-order valence-electron chi connectivity index (χ2n) is 8.97. The molecule has 194 valence electrons. The Bertz CT molecular complexity index is 1230. The molecule has 0 aromatic heterocycles. The molecule has 2 aromatic rings. The summed E-state index contributed by atoms with van der Waals surface area (Å²) in [5.74, 6) is -0.715. The highest BCUT2D eigenvalue weighted by molar-refractivity contribution is 5.91. The molecule has 7 heteroatoms. The standard InChI is InChI=1S/C30H32O7/c1-20(5-3-7-21(2)19-36-29(34)16-11-22-9-12-24(31)13-10-22)6-4-8-23-17-28(37-30(23)35)26-18-25(32)14-15-27(26)33/h6-7,9-18,28,31-33H,3-5,8,19H2,1-2H3. The van der Waals surface area contributed by atoms with Gasteiger partial charge in [-0.1, -0.05) is 29.9 Å². The lowest BCUT2D eigenvalue weighted by molar-refractivity contribution is -0.140. The number of hydrogen-bond acceptors (Lipinski definition) is 7. The van der Waals surface area contributed by atoms with E-state index < -0.39 is 18.0 Å². The first-order valence-corrected chi connectivity index (χ1v) is 12.1. The van der Waals surface area contributed by atoms with Crippen LogP contribution in [-0.4, -0.2) is 33.9 Å². The fraction of sp³-hybridized carbons (Fsp3) is 0.267. The Labute approximate surface area is 216 Å². The van der Waals surface area contributed by atoms with Gasteiger partial charge in [0.2, 0.25) is 0 Å². The molecule has 7 nitrogen and oxygen atoms in total. The van der Waals surface area contributed by atoms with Gasteiger partial charge in [-0.05, 0) is 93.2 Å². The lowest BCUT2D eigenvalue weighted by Crippen LogP contribution is -2.03. The van der Waals surface area contributed by atoms with E-state index in [0.29, 0.717) is 24.0 Å². The fourth-order valence-corrected chi connectivity index (χ4v) is 3.75. The van der Waals surface area contributed by atoms with E-state index in [2.05, 4.69) is 6.08 Å². The first-order chi connectivity index (χ1) is 17.7. The van der Waals surface area contributed by atoms with Gasteiger partial charge in [-0.15, -0.1) is 0 Å². The minimum atomic E-state index is -0.704. The van der Waals surface area contributed by atoms with E-state index in [1.54, 1.807) is 36.4 Å². The zero-order valence-electron chi connectivity index (χ0n) is 21.0.